The van der Waals surface area contributed by atoms with Crippen LogP contribution in [-0.2, 0) is 11.3 Å². The van der Waals surface area contributed by atoms with Crippen LogP contribution in [0.15, 0.2) is 30.3 Å². The molecular weight excluding hydrogens is 278 g/mol. The summed E-state index contributed by atoms with van der Waals surface area (Å²) in [5.41, 5.74) is 1.02. The van der Waals surface area contributed by atoms with Gasteiger partial charge in [0.15, 0.2) is 5.82 Å². The third-order valence-corrected chi connectivity index (χ3v) is 4.46. The molecule has 0 N–H and O–H groups in total. The molecule has 1 aromatic heterocycles. The highest BCUT2D eigenvalue weighted by molar-refractivity contribution is 5.30. The van der Waals surface area contributed by atoms with Crippen LogP contribution >= 0.6 is 0 Å². The van der Waals surface area contributed by atoms with Crippen molar-refractivity contribution in [2.45, 2.75) is 31.8 Å². The first-order chi connectivity index (χ1) is 10.9. The van der Waals surface area contributed by atoms with Gasteiger partial charge in [-0.2, -0.15) is 4.68 Å². The number of nitrogens with zero attached hydrogens (tertiary/aromatic N) is 5. The van der Waals surface area contributed by atoms with Gasteiger partial charge >= 0.3 is 0 Å². The molecule has 2 heterocycles. The molecule has 1 saturated heterocycles. The SMILES string of the molecule is c1ccc(-n2nnnc2CN(C[C@@H]2CCOC2)C2CC2)cc1. The van der Waals surface area contributed by atoms with Gasteiger partial charge < -0.3 is 4.74 Å². The van der Waals surface area contributed by atoms with Crippen LogP contribution in [0.1, 0.15) is 25.1 Å². The molecule has 2 aliphatic rings. The van der Waals surface area contributed by atoms with Crippen molar-refractivity contribution in [3.8, 4) is 5.69 Å². The smallest absolute Gasteiger partial charge is 0.170 e. The van der Waals surface area contributed by atoms with Gasteiger partial charge in [-0.05, 0) is 47.7 Å². The van der Waals surface area contributed by atoms with E-state index in [0.717, 1.165) is 37.8 Å². The quantitative estimate of drug-likeness (QED) is 0.812. The van der Waals surface area contributed by atoms with Crippen molar-refractivity contribution in [3.63, 3.8) is 0 Å². The van der Waals surface area contributed by atoms with Gasteiger partial charge in [0.05, 0.1) is 18.8 Å². The topological polar surface area (TPSA) is 56.1 Å². The minimum atomic E-state index is 0.654. The Bertz CT molecular complexity index is 604. The molecule has 116 valence electrons. The van der Waals surface area contributed by atoms with E-state index in [0.29, 0.717) is 12.0 Å². The lowest BCUT2D eigenvalue weighted by Gasteiger charge is -2.24. The van der Waals surface area contributed by atoms with E-state index in [9.17, 15) is 0 Å². The van der Waals surface area contributed by atoms with Crippen LogP contribution in [-0.4, -0.2) is 50.9 Å². The first kappa shape index (κ1) is 13.8. The molecule has 1 atom stereocenters. The predicted octanol–water partition coefficient (Wildman–Crippen LogP) is 1.66. The van der Waals surface area contributed by atoms with E-state index >= 15 is 0 Å². The molecule has 0 spiro atoms. The third kappa shape index (κ3) is 3.03. The molecule has 22 heavy (non-hydrogen) atoms. The molecule has 1 aliphatic carbocycles. The van der Waals surface area contributed by atoms with Gasteiger partial charge in [0.2, 0.25) is 0 Å². The summed E-state index contributed by atoms with van der Waals surface area (Å²) in [6, 6.07) is 10.8. The van der Waals surface area contributed by atoms with Crippen molar-refractivity contribution in [1.29, 1.82) is 0 Å². The number of aromatic nitrogens is 4. The Morgan fingerprint density at radius 3 is 2.77 bits per heavy atom. The second-order valence-electron chi connectivity index (χ2n) is 6.23. The highest BCUT2D eigenvalue weighted by atomic mass is 16.5. The fourth-order valence-electron chi connectivity index (χ4n) is 3.10. The number of rotatable bonds is 6. The van der Waals surface area contributed by atoms with Crippen LogP contribution in [0, 0.1) is 5.92 Å². The molecule has 1 saturated carbocycles. The Balaban J connectivity index is 1.50. The molecule has 1 aromatic carbocycles. The minimum absolute atomic E-state index is 0.654. The minimum Gasteiger partial charge on any atom is -0.381 e. The van der Waals surface area contributed by atoms with Crippen LogP contribution in [0.3, 0.4) is 0 Å². The van der Waals surface area contributed by atoms with E-state index < -0.39 is 0 Å². The monoisotopic (exact) mass is 299 g/mol. The first-order valence-corrected chi connectivity index (χ1v) is 8.04. The van der Waals surface area contributed by atoms with Crippen LogP contribution in [0.2, 0.25) is 0 Å². The van der Waals surface area contributed by atoms with Gasteiger partial charge in [-0.15, -0.1) is 5.10 Å². The standard InChI is InChI=1S/C16H21N5O/c1-2-4-15(5-3-1)21-16(17-18-19-21)11-20(14-6-7-14)10-13-8-9-22-12-13/h1-5,13-14H,6-12H2/t13-/m0/s1. The highest BCUT2D eigenvalue weighted by Gasteiger charge is 2.32. The van der Waals surface area contributed by atoms with Crippen molar-refractivity contribution in [1.82, 2.24) is 25.1 Å². The summed E-state index contributed by atoms with van der Waals surface area (Å²) in [7, 11) is 0. The average Bonchev–Trinajstić information content (AvgIpc) is 3.08. The molecule has 0 bridgehead atoms. The van der Waals surface area contributed by atoms with E-state index in [2.05, 4.69) is 20.4 Å². The van der Waals surface area contributed by atoms with E-state index in [-0.39, 0.29) is 0 Å². The van der Waals surface area contributed by atoms with Gasteiger partial charge in [-0.3, -0.25) is 4.90 Å². The number of hydrogen-bond acceptors (Lipinski definition) is 5. The van der Waals surface area contributed by atoms with E-state index in [4.69, 9.17) is 4.74 Å². The fourth-order valence-corrected chi connectivity index (χ4v) is 3.10. The number of para-hydroxylation sites is 1. The maximum atomic E-state index is 5.51. The van der Waals surface area contributed by atoms with Gasteiger partial charge in [0, 0.05) is 19.2 Å². The summed E-state index contributed by atoms with van der Waals surface area (Å²) < 4.78 is 7.36. The lowest BCUT2D eigenvalue weighted by Crippen LogP contribution is -2.32. The van der Waals surface area contributed by atoms with Crippen molar-refractivity contribution in [2.75, 3.05) is 19.8 Å². The summed E-state index contributed by atoms with van der Waals surface area (Å²) in [5.74, 6) is 1.57. The van der Waals surface area contributed by atoms with Gasteiger partial charge in [-0.1, -0.05) is 18.2 Å². The predicted molar refractivity (Wildman–Crippen MR) is 81.5 cm³/mol. The molecular formula is C16H21N5O. The summed E-state index contributed by atoms with van der Waals surface area (Å²) in [6.07, 6.45) is 3.76. The molecule has 4 rings (SSSR count). The molecule has 2 aromatic rings. The van der Waals surface area contributed by atoms with Crippen molar-refractivity contribution in [2.24, 2.45) is 5.92 Å². The number of benzene rings is 1. The zero-order valence-electron chi connectivity index (χ0n) is 12.6. The average molecular weight is 299 g/mol. The Hall–Kier alpha value is -1.79. The maximum absolute atomic E-state index is 5.51. The lowest BCUT2D eigenvalue weighted by atomic mass is 10.1. The van der Waals surface area contributed by atoms with Crippen molar-refractivity contribution < 1.29 is 4.74 Å². The van der Waals surface area contributed by atoms with Gasteiger partial charge in [0.1, 0.15) is 0 Å². The highest BCUT2D eigenvalue weighted by Crippen LogP contribution is 2.30. The molecule has 1 aliphatic heterocycles. The molecule has 0 unspecified atom stereocenters. The van der Waals surface area contributed by atoms with Crippen LogP contribution < -0.4 is 0 Å². The Morgan fingerprint density at radius 2 is 2.05 bits per heavy atom. The Morgan fingerprint density at radius 1 is 1.18 bits per heavy atom. The summed E-state index contributed by atoms with van der Waals surface area (Å²) >= 11 is 0. The number of ether oxygens (including phenoxy) is 1. The van der Waals surface area contributed by atoms with Gasteiger partial charge in [-0.25, -0.2) is 0 Å². The molecule has 0 radical (unpaired) electrons. The molecule has 2 fully saturated rings. The van der Waals surface area contributed by atoms with Crippen LogP contribution in [0.5, 0.6) is 0 Å². The van der Waals surface area contributed by atoms with Crippen molar-refractivity contribution in [3.05, 3.63) is 36.2 Å². The third-order valence-electron chi connectivity index (χ3n) is 4.46. The van der Waals surface area contributed by atoms with Gasteiger partial charge in [0.25, 0.3) is 0 Å². The summed E-state index contributed by atoms with van der Waals surface area (Å²) in [5, 5.41) is 12.3. The zero-order valence-corrected chi connectivity index (χ0v) is 12.6. The Labute approximate surface area is 130 Å². The second kappa shape index (κ2) is 6.14. The maximum Gasteiger partial charge on any atom is 0.170 e. The largest absolute Gasteiger partial charge is 0.381 e. The number of tetrazole rings is 1. The normalized spacial score (nSPS) is 21.6. The molecule has 0 amide bonds. The zero-order chi connectivity index (χ0) is 14.8. The Kier molecular flexibility index (Phi) is 3.86. The van der Waals surface area contributed by atoms with E-state index in [1.807, 2.05) is 35.0 Å². The second-order valence-corrected chi connectivity index (χ2v) is 6.23. The van der Waals surface area contributed by atoms with Crippen LogP contribution in [0.25, 0.3) is 5.69 Å². The van der Waals surface area contributed by atoms with E-state index in [1.165, 1.54) is 19.3 Å². The van der Waals surface area contributed by atoms with E-state index in [1.54, 1.807) is 0 Å². The number of hydrogen-bond donors (Lipinski definition) is 0. The van der Waals surface area contributed by atoms with Crippen LogP contribution in [0.4, 0.5) is 0 Å². The molecule has 6 nitrogen and oxygen atoms in total. The fraction of sp³-hybridized carbons (Fsp3) is 0.562. The first-order valence-electron chi connectivity index (χ1n) is 8.04. The lowest BCUT2D eigenvalue weighted by molar-refractivity contribution is 0.159. The summed E-state index contributed by atoms with van der Waals surface area (Å²) in [6.45, 7) is 3.70. The molecule has 6 heteroatoms. The van der Waals surface area contributed by atoms with Crippen molar-refractivity contribution >= 4 is 0 Å². The summed E-state index contributed by atoms with van der Waals surface area (Å²) in [4.78, 5) is 2.53.